The molecule has 0 bridgehead atoms. The van der Waals surface area contributed by atoms with Crippen molar-refractivity contribution >= 4 is 49.2 Å². The van der Waals surface area contributed by atoms with Gasteiger partial charge in [0, 0.05) is 4.88 Å². The van der Waals surface area contributed by atoms with Gasteiger partial charge in [-0.3, -0.25) is 0 Å². The summed E-state index contributed by atoms with van der Waals surface area (Å²) in [6.07, 6.45) is 0. The molecule has 3 aromatic heterocycles. The number of fused-ring (bicyclic) bond motifs is 2. The van der Waals surface area contributed by atoms with Crippen molar-refractivity contribution in [3.05, 3.63) is 76.5 Å². The van der Waals surface area contributed by atoms with Gasteiger partial charge in [0.15, 0.2) is 5.65 Å². The van der Waals surface area contributed by atoms with Crippen LogP contribution in [0.3, 0.4) is 0 Å². The normalized spacial score (nSPS) is 12.0. The van der Waals surface area contributed by atoms with Crippen LogP contribution in [0.15, 0.2) is 75.8 Å². The minimum atomic E-state index is -3.88. The number of nitrogen functional groups attached to an aromatic ring is 1. The van der Waals surface area contributed by atoms with Gasteiger partial charge in [0.25, 0.3) is 0 Å². The third-order valence-electron chi connectivity index (χ3n) is 5.04. The Bertz CT molecular complexity index is 1490. The topological polar surface area (TPSA) is 90.9 Å². The van der Waals surface area contributed by atoms with Gasteiger partial charge in [-0.25, -0.2) is 18.4 Å². The van der Waals surface area contributed by atoms with Gasteiger partial charge in [-0.15, -0.1) is 11.3 Å². The molecule has 0 amide bonds. The van der Waals surface area contributed by atoms with Crippen LogP contribution in [-0.4, -0.2) is 23.0 Å². The van der Waals surface area contributed by atoms with E-state index in [4.69, 9.17) is 10.7 Å². The predicted octanol–water partition coefficient (Wildman–Crippen LogP) is 4.42. The summed E-state index contributed by atoms with van der Waals surface area (Å²) in [4.78, 5) is 10.6. The van der Waals surface area contributed by atoms with Crippen molar-refractivity contribution < 1.29 is 8.42 Å². The van der Waals surface area contributed by atoms with Crippen molar-refractivity contribution in [3.8, 4) is 0 Å². The number of sulfone groups is 1. The molecule has 0 aliphatic rings. The number of para-hydroxylation sites is 2. The van der Waals surface area contributed by atoms with Crippen molar-refractivity contribution in [2.75, 3.05) is 5.73 Å². The quantitative estimate of drug-likeness (QED) is 0.452. The average molecular weight is 435 g/mol. The van der Waals surface area contributed by atoms with E-state index in [-0.39, 0.29) is 15.6 Å². The van der Waals surface area contributed by atoms with Crippen molar-refractivity contribution in [1.82, 2.24) is 14.5 Å². The summed E-state index contributed by atoms with van der Waals surface area (Å²) in [5.41, 5.74) is 9.51. The SMILES string of the molecule is Cc1ccc(S(=O)(=O)c2c(N)n(Cc3cccs3)c3nc4ccccc4nc23)cc1. The number of hydrogen-bond donors (Lipinski definition) is 1. The predicted molar refractivity (Wildman–Crippen MR) is 119 cm³/mol. The van der Waals surface area contributed by atoms with Gasteiger partial charge in [0.1, 0.15) is 16.2 Å². The smallest absolute Gasteiger partial charge is 0.212 e. The number of nitrogens with zero attached hydrogens (tertiary/aromatic N) is 3. The lowest BCUT2D eigenvalue weighted by Crippen LogP contribution is -2.08. The van der Waals surface area contributed by atoms with Crippen LogP contribution >= 0.6 is 11.3 Å². The Balaban J connectivity index is 1.83. The Morgan fingerprint density at radius 1 is 0.967 bits per heavy atom. The van der Waals surface area contributed by atoms with E-state index in [0.29, 0.717) is 28.7 Å². The molecular weight excluding hydrogens is 416 g/mol. The molecule has 8 heteroatoms. The molecule has 0 aliphatic carbocycles. The summed E-state index contributed by atoms with van der Waals surface area (Å²) in [7, 11) is -3.88. The molecule has 150 valence electrons. The van der Waals surface area contributed by atoms with E-state index >= 15 is 0 Å². The molecule has 2 aromatic carbocycles. The maximum Gasteiger partial charge on any atom is 0.212 e. The van der Waals surface area contributed by atoms with Gasteiger partial charge in [0.05, 0.1) is 22.5 Å². The second-order valence-corrected chi connectivity index (χ2v) is 10.00. The van der Waals surface area contributed by atoms with Crippen molar-refractivity contribution in [1.29, 1.82) is 0 Å². The summed E-state index contributed by atoms with van der Waals surface area (Å²) < 4.78 is 28.9. The molecule has 0 aliphatic heterocycles. The van der Waals surface area contributed by atoms with E-state index in [0.717, 1.165) is 10.4 Å². The third-order valence-corrected chi connectivity index (χ3v) is 7.73. The van der Waals surface area contributed by atoms with E-state index in [1.54, 1.807) is 40.2 Å². The van der Waals surface area contributed by atoms with Crippen LogP contribution in [0.25, 0.3) is 22.2 Å². The number of aromatic nitrogens is 3. The maximum absolute atomic E-state index is 13.6. The molecule has 0 saturated carbocycles. The molecule has 6 nitrogen and oxygen atoms in total. The van der Waals surface area contributed by atoms with E-state index in [1.165, 1.54) is 0 Å². The summed E-state index contributed by atoms with van der Waals surface area (Å²) in [6.45, 7) is 2.34. The number of anilines is 1. The summed E-state index contributed by atoms with van der Waals surface area (Å²) in [5, 5.41) is 1.97. The molecule has 0 atom stereocenters. The Kier molecular flexibility index (Phi) is 4.34. The Morgan fingerprint density at radius 3 is 2.33 bits per heavy atom. The average Bonchev–Trinajstić information content (AvgIpc) is 3.34. The first kappa shape index (κ1) is 18.8. The van der Waals surface area contributed by atoms with E-state index in [1.807, 2.05) is 48.7 Å². The van der Waals surface area contributed by atoms with Crippen LogP contribution < -0.4 is 5.73 Å². The van der Waals surface area contributed by atoms with Crippen LogP contribution in [0.2, 0.25) is 0 Å². The van der Waals surface area contributed by atoms with E-state index in [9.17, 15) is 8.42 Å². The van der Waals surface area contributed by atoms with Gasteiger partial charge in [-0.05, 0) is 42.6 Å². The van der Waals surface area contributed by atoms with Crippen molar-refractivity contribution in [2.45, 2.75) is 23.3 Å². The van der Waals surface area contributed by atoms with Crippen LogP contribution in [0.1, 0.15) is 10.4 Å². The van der Waals surface area contributed by atoms with Crippen LogP contribution in [0.5, 0.6) is 0 Å². The second-order valence-electron chi connectivity index (χ2n) is 7.08. The van der Waals surface area contributed by atoms with Crippen LogP contribution in [-0.2, 0) is 16.4 Å². The number of hydrogen-bond acceptors (Lipinski definition) is 6. The van der Waals surface area contributed by atoms with Gasteiger partial charge in [-0.1, -0.05) is 35.9 Å². The Hall–Kier alpha value is -3.23. The summed E-state index contributed by atoms with van der Waals surface area (Å²) >= 11 is 1.58. The van der Waals surface area contributed by atoms with E-state index in [2.05, 4.69) is 4.98 Å². The molecule has 0 spiro atoms. The zero-order valence-electron chi connectivity index (χ0n) is 16.1. The highest BCUT2D eigenvalue weighted by atomic mass is 32.2. The molecule has 5 aromatic rings. The molecule has 0 unspecified atom stereocenters. The molecule has 2 N–H and O–H groups in total. The zero-order valence-corrected chi connectivity index (χ0v) is 17.7. The summed E-state index contributed by atoms with van der Waals surface area (Å²) in [5.74, 6) is 0.147. The Labute approximate surface area is 177 Å². The minimum Gasteiger partial charge on any atom is -0.384 e. The standard InChI is InChI=1S/C22H18N4O2S2/c1-14-8-10-16(11-9-14)30(27,28)20-19-22(25-18-7-3-2-6-17(18)24-19)26(21(20)23)13-15-5-4-12-29-15/h2-12H,13,23H2,1H3. The summed E-state index contributed by atoms with van der Waals surface area (Å²) in [6, 6.07) is 18.1. The first-order valence-corrected chi connectivity index (χ1v) is 11.7. The first-order chi connectivity index (χ1) is 14.4. The highest BCUT2D eigenvalue weighted by Gasteiger charge is 2.30. The van der Waals surface area contributed by atoms with Crippen LogP contribution in [0.4, 0.5) is 5.82 Å². The first-order valence-electron chi connectivity index (χ1n) is 9.34. The molecule has 0 radical (unpaired) electrons. The largest absolute Gasteiger partial charge is 0.384 e. The monoisotopic (exact) mass is 434 g/mol. The number of rotatable bonds is 4. The second kappa shape index (κ2) is 6.93. The fourth-order valence-corrected chi connectivity index (χ4v) is 5.71. The maximum atomic E-state index is 13.6. The molecule has 30 heavy (non-hydrogen) atoms. The Morgan fingerprint density at radius 2 is 1.67 bits per heavy atom. The number of thiophene rings is 1. The number of nitrogens with two attached hydrogens (primary N) is 1. The van der Waals surface area contributed by atoms with Gasteiger partial charge in [0.2, 0.25) is 9.84 Å². The molecular formula is C22H18N4O2S2. The lowest BCUT2D eigenvalue weighted by molar-refractivity contribution is 0.597. The molecule has 0 saturated heterocycles. The molecule has 0 fully saturated rings. The zero-order chi connectivity index (χ0) is 20.9. The number of aryl methyl sites for hydroxylation is 1. The van der Waals surface area contributed by atoms with Crippen LogP contribution in [0, 0.1) is 6.92 Å². The fourth-order valence-electron chi connectivity index (χ4n) is 3.51. The minimum absolute atomic E-state index is 0.0103. The third kappa shape index (κ3) is 2.96. The van der Waals surface area contributed by atoms with Gasteiger partial charge >= 0.3 is 0 Å². The van der Waals surface area contributed by atoms with Crippen molar-refractivity contribution in [3.63, 3.8) is 0 Å². The lowest BCUT2D eigenvalue weighted by Gasteiger charge is -2.07. The lowest BCUT2D eigenvalue weighted by atomic mass is 10.2. The van der Waals surface area contributed by atoms with E-state index < -0.39 is 9.84 Å². The number of benzene rings is 2. The molecule has 3 heterocycles. The highest BCUT2D eigenvalue weighted by Crippen LogP contribution is 2.36. The highest BCUT2D eigenvalue weighted by molar-refractivity contribution is 7.92. The fraction of sp³-hybridized carbons (Fsp3) is 0.0909. The van der Waals surface area contributed by atoms with Crippen molar-refractivity contribution in [2.24, 2.45) is 0 Å². The van der Waals surface area contributed by atoms with Gasteiger partial charge < -0.3 is 10.3 Å². The van der Waals surface area contributed by atoms with Gasteiger partial charge in [-0.2, -0.15) is 0 Å². The molecule has 5 rings (SSSR count).